The van der Waals surface area contributed by atoms with Crippen LogP contribution < -0.4 is 4.74 Å². The van der Waals surface area contributed by atoms with Gasteiger partial charge >= 0.3 is 5.97 Å². The molecule has 0 unspecified atom stereocenters. The van der Waals surface area contributed by atoms with Crippen LogP contribution in [0, 0.1) is 26.7 Å². The number of benzene rings is 1. The monoisotopic (exact) mass is 509 g/mol. The third kappa shape index (κ3) is 5.07. The Morgan fingerprint density at radius 3 is 2.50 bits per heavy atom. The molecule has 36 heavy (non-hydrogen) atoms. The molecule has 6 nitrogen and oxygen atoms in total. The number of aryl methyl sites for hydroxylation is 2. The summed E-state index contributed by atoms with van der Waals surface area (Å²) in [4.78, 5) is 20.6. The lowest BCUT2D eigenvalue weighted by Crippen LogP contribution is -2.23. The summed E-state index contributed by atoms with van der Waals surface area (Å²) < 4.78 is 21.7. The normalized spacial score (nSPS) is 11.8. The van der Waals surface area contributed by atoms with Crippen molar-refractivity contribution < 1.29 is 19.0 Å². The molecule has 1 aromatic carbocycles. The Kier molecular flexibility index (Phi) is 6.80. The van der Waals surface area contributed by atoms with Crippen LogP contribution in [0.15, 0.2) is 36.5 Å². The number of rotatable bonds is 6. The number of carbonyl (C=O) groups is 1. The molecule has 0 aliphatic rings. The van der Waals surface area contributed by atoms with E-state index >= 15 is 0 Å². The maximum Gasteiger partial charge on any atom is 0.307 e. The SMILES string of the molecule is Cc1nc2c(c(C)c(C)n2Cc2ccc(F)nc2)c(-c2ccc(Cl)cc2OC(C)(C)C)c1CC(=O)O. The van der Waals surface area contributed by atoms with Crippen LogP contribution >= 0.6 is 11.6 Å². The molecule has 3 aromatic heterocycles. The first-order chi connectivity index (χ1) is 16.9. The molecule has 0 amide bonds. The summed E-state index contributed by atoms with van der Waals surface area (Å²) in [5.41, 5.74) is 5.76. The van der Waals surface area contributed by atoms with E-state index in [9.17, 15) is 14.3 Å². The summed E-state index contributed by atoms with van der Waals surface area (Å²) in [6.45, 7) is 12.1. The van der Waals surface area contributed by atoms with Crippen LogP contribution in [0.4, 0.5) is 4.39 Å². The quantitative estimate of drug-likeness (QED) is 0.294. The molecule has 0 saturated heterocycles. The van der Waals surface area contributed by atoms with Crippen molar-refractivity contribution in [3.63, 3.8) is 0 Å². The van der Waals surface area contributed by atoms with Crippen LogP contribution in [0.1, 0.15) is 48.8 Å². The van der Waals surface area contributed by atoms with Crippen molar-refractivity contribution in [2.75, 3.05) is 0 Å². The first kappa shape index (κ1) is 25.6. The topological polar surface area (TPSA) is 77.2 Å². The zero-order valence-corrected chi connectivity index (χ0v) is 22.0. The predicted molar refractivity (Wildman–Crippen MR) is 139 cm³/mol. The minimum absolute atomic E-state index is 0.187. The Balaban J connectivity index is 2.06. The van der Waals surface area contributed by atoms with Crippen LogP contribution in [0.5, 0.6) is 5.75 Å². The standard InChI is InChI=1S/C28H29ClFN3O3/c1-15-17(3)33(14-18-7-10-23(30)31-13-18)27-25(15)26(21(12-24(34)35)16(2)32-27)20-9-8-19(29)11-22(20)36-28(4,5)6/h7-11,13H,12,14H2,1-6H3,(H,34,35). The molecule has 0 aliphatic carbocycles. The molecule has 3 heterocycles. The van der Waals surface area contributed by atoms with E-state index in [2.05, 4.69) is 9.55 Å². The highest BCUT2D eigenvalue weighted by Crippen LogP contribution is 2.43. The largest absolute Gasteiger partial charge is 0.487 e. The lowest BCUT2D eigenvalue weighted by molar-refractivity contribution is -0.136. The molecular formula is C28H29ClFN3O3. The lowest BCUT2D eigenvalue weighted by Gasteiger charge is -2.25. The molecular weight excluding hydrogens is 481 g/mol. The van der Waals surface area contributed by atoms with E-state index in [0.717, 1.165) is 33.3 Å². The van der Waals surface area contributed by atoms with Crippen molar-refractivity contribution in [1.82, 2.24) is 14.5 Å². The maximum absolute atomic E-state index is 13.4. The van der Waals surface area contributed by atoms with E-state index in [1.54, 1.807) is 18.2 Å². The second-order valence-corrected chi connectivity index (χ2v) is 10.4. The van der Waals surface area contributed by atoms with Gasteiger partial charge in [0.2, 0.25) is 5.95 Å². The van der Waals surface area contributed by atoms with Gasteiger partial charge in [-0.15, -0.1) is 0 Å². The molecule has 0 spiro atoms. The number of halogens is 2. The Morgan fingerprint density at radius 2 is 1.89 bits per heavy atom. The molecule has 0 fully saturated rings. The fraction of sp³-hybridized carbons (Fsp3) is 0.321. The van der Waals surface area contributed by atoms with E-state index in [1.165, 1.54) is 12.3 Å². The number of aliphatic carboxylic acids is 1. The van der Waals surface area contributed by atoms with Crippen LogP contribution in [0.3, 0.4) is 0 Å². The summed E-state index contributed by atoms with van der Waals surface area (Å²) in [6.07, 6.45) is 1.32. The summed E-state index contributed by atoms with van der Waals surface area (Å²) in [7, 11) is 0. The first-order valence-corrected chi connectivity index (χ1v) is 12.0. The van der Waals surface area contributed by atoms with Gasteiger partial charge in [0.25, 0.3) is 0 Å². The van der Waals surface area contributed by atoms with Crippen LogP contribution in [0.25, 0.3) is 22.2 Å². The highest BCUT2D eigenvalue weighted by Gasteiger charge is 2.26. The Hall–Kier alpha value is -3.45. The summed E-state index contributed by atoms with van der Waals surface area (Å²) in [6, 6.07) is 8.45. The average molecular weight is 510 g/mol. The van der Waals surface area contributed by atoms with Crippen LogP contribution in [0.2, 0.25) is 5.02 Å². The number of fused-ring (bicyclic) bond motifs is 1. The van der Waals surface area contributed by atoms with Gasteiger partial charge in [-0.2, -0.15) is 4.39 Å². The molecule has 0 aliphatic heterocycles. The number of pyridine rings is 2. The minimum atomic E-state index is -0.945. The molecule has 0 atom stereocenters. The number of hydrogen-bond acceptors (Lipinski definition) is 4. The van der Waals surface area contributed by atoms with Crippen molar-refractivity contribution in [3.8, 4) is 16.9 Å². The van der Waals surface area contributed by atoms with Crippen molar-refractivity contribution in [2.45, 2.75) is 60.1 Å². The van der Waals surface area contributed by atoms with Gasteiger partial charge in [0.05, 0.1) is 13.0 Å². The van der Waals surface area contributed by atoms with Crippen molar-refractivity contribution in [1.29, 1.82) is 0 Å². The van der Waals surface area contributed by atoms with E-state index < -0.39 is 17.5 Å². The van der Waals surface area contributed by atoms with Crippen molar-refractivity contribution in [2.24, 2.45) is 0 Å². The van der Waals surface area contributed by atoms with Gasteiger partial charge in [-0.3, -0.25) is 4.79 Å². The van der Waals surface area contributed by atoms with E-state index in [0.29, 0.717) is 34.2 Å². The number of aromatic nitrogens is 3. The van der Waals surface area contributed by atoms with E-state index in [1.807, 2.05) is 47.6 Å². The van der Waals surface area contributed by atoms with Crippen molar-refractivity contribution in [3.05, 3.63) is 75.6 Å². The summed E-state index contributed by atoms with van der Waals surface area (Å²) >= 11 is 6.35. The van der Waals surface area contributed by atoms with Crippen LogP contribution in [-0.4, -0.2) is 31.2 Å². The number of carboxylic acid groups (broad SMARTS) is 1. The van der Waals surface area contributed by atoms with E-state index in [4.69, 9.17) is 21.3 Å². The smallest absolute Gasteiger partial charge is 0.307 e. The minimum Gasteiger partial charge on any atom is -0.487 e. The molecule has 4 rings (SSSR count). The zero-order valence-electron chi connectivity index (χ0n) is 21.2. The fourth-order valence-corrected chi connectivity index (χ4v) is 4.64. The second-order valence-electron chi connectivity index (χ2n) is 9.96. The molecule has 1 N–H and O–H groups in total. The summed E-state index contributed by atoms with van der Waals surface area (Å²) in [5.74, 6) is -0.910. The van der Waals surface area contributed by atoms with Gasteiger partial charge in [0, 0.05) is 39.1 Å². The van der Waals surface area contributed by atoms with Crippen LogP contribution in [-0.2, 0) is 17.8 Å². The number of nitrogens with zero attached hydrogens (tertiary/aromatic N) is 3. The number of hydrogen-bond donors (Lipinski definition) is 1. The van der Waals surface area contributed by atoms with Gasteiger partial charge in [-0.05, 0) is 82.5 Å². The Morgan fingerprint density at radius 1 is 1.17 bits per heavy atom. The molecule has 0 saturated carbocycles. The fourth-order valence-electron chi connectivity index (χ4n) is 4.48. The van der Waals surface area contributed by atoms with Gasteiger partial charge in [0.1, 0.15) is 17.0 Å². The molecule has 4 aromatic rings. The lowest BCUT2D eigenvalue weighted by atomic mass is 9.92. The van der Waals surface area contributed by atoms with E-state index in [-0.39, 0.29) is 6.42 Å². The van der Waals surface area contributed by atoms with Gasteiger partial charge in [0.15, 0.2) is 0 Å². The number of ether oxygens (including phenoxy) is 1. The third-order valence-corrected chi connectivity index (χ3v) is 6.39. The molecule has 0 radical (unpaired) electrons. The molecule has 0 bridgehead atoms. The predicted octanol–water partition coefficient (Wildman–Crippen LogP) is 6.67. The zero-order chi connectivity index (χ0) is 26.4. The molecule has 188 valence electrons. The third-order valence-electron chi connectivity index (χ3n) is 6.15. The van der Waals surface area contributed by atoms with Gasteiger partial charge in [-0.1, -0.05) is 17.7 Å². The number of carboxylic acids is 1. The highest BCUT2D eigenvalue weighted by molar-refractivity contribution is 6.30. The average Bonchev–Trinajstić information content (AvgIpc) is 2.99. The Bertz CT molecular complexity index is 1470. The Labute approximate surface area is 214 Å². The maximum atomic E-state index is 13.4. The van der Waals surface area contributed by atoms with Gasteiger partial charge < -0.3 is 14.4 Å². The first-order valence-electron chi connectivity index (χ1n) is 11.7. The second kappa shape index (κ2) is 9.54. The molecule has 8 heteroatoms. The highest BCUT2D eigenvalue weighted by atomic mass is 35.5. The summed E-state index contributed by atoms with van der Waals surface area (Å²) in [5, 5.41) is 11.1. The van der Waals surface area contributed by atoms with Crippen molar-refractivity contribution >= 4 is 28.6 Å². The van der Waals surface area contributed by atoms with Gasteiger partial charge in [-0.25, -0.2) is 9.97 Å².